The smallest absolute Gasteiger partial charge is 0.134 e. The van der Waals surface area contributed by atoms with Gasteiger partial charge in [-0.15, -0.1) is 6.58 Å². The molecule has 1 fully saturated rings. The molecule has 0 aromatic heterocycles. The molecule has 1 aliphatic rings. The minimum Gasteiger partial charge on any atom is -0.492 e. The van der Waals surface area contributed by atoms with Crippen molar-refractivity contribution in [3.05, 3.63) is 40.9 Å². The normalized spacial score (nSPS) is 17.4. The number of rotatable bonds is 4. The Morgan fingerprint density at radius 3 is 2.76 bits per heavy atom. The van der Waals surface area contributed by atoms with Gasteiger partial charge in [-0.05, 0) is 30.7 Å². The quantitative estimate of drug-likeness (QED) is 0.792. The fourth-order valence-electron chi connectivity index (χ4n) is 2.04. The third-order valence-electron chi connectivity index (χ3n) is 3.18. The van der Waals surface area contributed by atoms with Crippen molar-refractivity contribution in [3.8, 4) is 5.75 Å². The van der Waals surface area contributed by atoms with Crippen LogP contribution in [0.4, 0.5) is 0 Å². The number of ketones is 1. The van der Waals surface area contributed by atoms with E-state index < -0.39 is 0 Å². The van der Waals surface area contributed by atoms with E-state index in [2.05, 4.69) is 22.5 Å². The zero-order valence-corrected chi connectivity index (χ0v) is 11.4. The number of hydrogen-bond acceptors (Lipinski definition) is 2. The van der Waals surface area contributed by atoms with Gasteiger partial charge in [0.15, 0.2) is 0 Å². The Balaban J connectivity index is 2.02. The number of halogens is 1. The standard InChI is InChI=1S/C14H15BrO2/c1-3-14(7-12(16)8-14)9-17-13-5-4-11(15)6-10(13)2/h3-6H,1,7-9H2,2H3. The third kappa shape index (κ3) is 2.60. The van der Waals surface area contributed by atoms with Crippen LogP contribution in [0.1, 0.15) is 18.4 Å². The molecule has 0 aliphatic heterocycles. The lowest BCUT2D eigenvalue weighted by Crippen LogP contribution is -2.40. The van der Waals surface area contributed by atoms with Crippen molar-refractivity contribution in [2.24, 2.45) is 5.41 Å². The molecule has 0 atom stereocenters. The first kappa shape index (κ1) is 12.4. The Kier molecular flexibility index (Phi) is 3.38. The molecule has 0 spiro atoms. The maximum Gasteiger partial charge on any atom is 0.134 e. The van der Waals surface area contributed by atoms with E-state index in [1.807, 2.05) is 31.2 Å². The average molecular weight is 295 g/mol. The summed E-state index contributed by atoms with van der Waals surface area (Å²) in [7, 11) is 0. The Hall–Kier alpha value is -1.09. The summed E-state index contributed by atoms with van der Waals surface area (Å²) in [4.78, 5) is 11.1. The first-order valence-corrected chi connectivity index (χ1v) is 6.38. The minimum absolute atomic E-state index is 0.142. The van der Waals surface area contributed by atoms with Crippen LogP contribution >= 0.6 is 15.9 Å². The zero-order chi connectivity index (χ0) is 12.5. The number of aryl methyl sites for hydroxylation is 1. The molecular weight excluding hydrogens is 280 g/mol. The summed E-state index contributed by atoms with van der Waals surface area (Å²) in [5, 5.41) is 0. The van der Waals surface area contributed by atoms with Gasteiger partial charge in [-0.3, -0.25) is 4.79 Å². The van der Waals surface area contributed by atoms with Crippen LogP contribution in [0, 0.1) is 12.3 Å². The van der Waals surface area contributed by atoms with Gasteiger partial charge < -0.3 is 4.74 Å². The second kappa shape index (κ2) is 4.65. The number of carbonyl (C=O) groups is 1. The Labute approximate surface area is 110 Å². The van der Waals surface area contributed by atoms with E-state index in [0.717, 1.165) is 15.8 Å². The fourth-order valence-corrected chi connectivity index (χ4v) is 2.51. The number of ether oxygens (including phenoxy) is 1. The minimum atomic E-state index is -0.142. The van der Waals surface area contributed by atoms with Crippen LogP contribution in [-0.4, -0.2) is 12.4 Å². The van der Waals surface area contributed by atoms with Gasteiger partial charge in [0.2, 0.25) is 0 Å². The van der Waals surface area contributed by atoms with Crippen molar-refractivity contribution in [2.75, 3.05) is 6.61 Å². The first-order valence-electron chi connectivity index (χ1n) is 5.59. The molecule has 1 aliphatic carbocycles. The Morgan fingerprint density at radius 1 is 1.53 bits per heavy atom. The van der Waals surface area contributed by atoms with Crippen molar-refractivity contribution < 1.29 is 9.53 Å². The summed E-state index contributed by atoms with van der Waals surface area (Å²) in [5.74, 6) is 1.16. The Morgan fingerprint density at radius 2 is 2.24 bits per heavy atom. The van der Waals surface area contributed by atoms with Crippen LogP contribution in [-0.2, 0) is 4.79 Å². The van der Waals surface area contributed by atoms with Gasteiger partial charge in [-0.25, -0.2) is 0 Å². The molecule has 2 nitrogen and oxygen atoms in total. The molecule has 1 aromatic rings. The second-order valence-electron chi connectivity index (χ2n) is 4.66. The van der Waals surface area contributed by atoms with E-state index in [-0.39, 0.29) is 5.41 Å². The predicted molar refractivity (Wildman–Crippen MR) is 71.2 cm³/mol. The summed E-state index contributed by atoms with van der Waals surface area (Å²) in [6.07, 6.45) is 2.97. The molecule has 0 unspecified atom stereocenters. The van der Waals surface area contributed by atoms with Gasteiger partial charge in [-0.1, -0.05) is 22.0 Å². The zero-order valence-electron chi connectivity index (χ0n) is 9.83. The van der Waals surface area contributed by atoms with Crippen molar-refractivity contribution in [3.63, 3.8) is 0 Å². The first-order chi connectivity index (χ1) is 8.04. The lowest BCUT2D eigenvalue weighted by molar-refractivity contribution is -0.131. The summed E-state index contributed by atoms with van der Waals surface area (Å²) in [6.45, 7) is 6.34. The lowest BCUT2D eigenvalue weighted by atomic mass is 9.68. The second-order valence-corrected chi connectivity index (χ2v) is 5.57. The van der Waals surface area contributed by atoms with Crippen molar-refractivity contribution in [1.29, 1.82) is 0 Å². The van der Waals surface area contributed by atoms with E-state index in [0.29, 0.717) is 25.2 Å². The average Bonchev–Trinajstić information content (AvgIpc) is 2.24. The maximum absolute atomic E-state index is 11.1. The molecule has 0 amide bonds. The SMILES string of the molecule is C=CC1(COc2ccc(Br)cc2C)CC(=O)C1. The van der Waals surface area contributed by atoms with E-state index in [1.54, 1.807) is 0 Å². The topological polar surface area (TPSA) is 26.3 Å². The largest absolute Gasteiger partial charge is 0.492 e. The molecule has 1 saturated carbocycles. The van der Waals surface area contributed by atoms with Crippen LogP contribution in [0.15, 0.2) is 35.3 Å². The van der Waals surface area contributed by atoms with Crippen molar-refractivity contribution in [2.45, 2.75) is 19.8 Å². The summed E-state index contributed by atoms with van der Waals surface area (Å²) < 4.78 is 6.84. The number of Topliss-reactive ketones (excluding diaryl/α,β-unsaturated/α-hetero) is 1. The molecule has 0 N–H and O–H groups in total. The molecule has 90 valence electrons. The molecule has 2 rings (SSSR count). The number of carbonyl (C=O) groups excluding carboxylic acids is 1. The number of hydrogen-bond donors (Lipinski definition) is 0. The molecule has 0 heterocycles. The monoisotopic (exact) mass is 294 g/mol. The highest BCUT2D eigenvalue weighted by Crippen LogP contribution is 2.39. The van der Waals surface area contributed by atoms with Crippen LogP contribution in [0.5, 0.6) is 5.75 Å². The van der Waals surface area contributed by atoms with Gasteiger partial charge in [0.05, 0.1) is 6.61 Å². The maximum atomic E-state index is 11.1. The number of benzene rings is 1. The summed E-state index contributed by atoms with van der Waals surface area (Å²) in [6, 6.07) is 5.91. The summed E-state index contributed by atoms with van der Waals surface area (Å²) >= 11 is 3.42. The molecular formula is C14H15BrO2. The molecule has 0 radical (unpaired) electrons. The highest BCUT2D eigenvalue weighted by Gasteiger charge is 2.41. The summed E-state index contributed by atoms with van der Waals surface area (Å²) in [5.41, 5.74) is 0.945. The van der Waals surface area contributed by atoms with Gasteiger partial charge in [0.25, 0.3) is 0 Å². The van der Waals surface area contributed by atoms with Crippen LogP contribution in [0.25, 0.3) is 0 Å². The van der Waals surface area contributed by atoms with E-state index in [4.69, 9.17) is 4.74 Å². The fraction of sp³-hybridized carbons (Fsp3) is 0.357. The molecule has 0 bridgehead atoms. The van der Waals surface area contributed by atoms with Crippen LogP contribution < -0.4 is 4.74 Å². The lowest BCUT2D eigenvalue weighted by Gasteiger charge is -2.37. The molecule has 0 saturated heterocycles. The van der Waals surface area contributed by atoms with Gasteiger partial charge in [0.1, 0.15) is 11.5 Å². The molecule has 17 heavy (non-hydrogen) atoms. The molecule has 3 heteroatoms. The third-order valence-corrected chi connectivity index (χ3v) is 3.68. The van der Waals surface area contributed by atoms with Gasteiger partial charge in [-0.2, -0.15) is 0 Å². The van der Waals surface area contributed by atoms with E-state index in [9.17, 15) is 4.79 Å². The highest BCUT2D eigenvalue weighted by molar-refractivity contribution is 9.10. The van der Waals surface area contributed by atoms with Crippen molar-refractivity contribution >= 4 is 21.7 Å². The van der Waals surface area contributed by atoms with E-state index >= 15 is 0 Å². The Bertz CT molecular complexity index is 457. The van der Waals surface area contributed by atoms with E-state index in [1.165, 1.54) is 0 Å². The van der Waals surface area contributed by atoms with Gasteiger partial charge in [0, 0.05) is 22.7 Å². The van der Waals surface area contributed by atoms with Crippen LogP contribution in [0.3, 0.4) is 0 Å². The molecule has 1 aromatic carbocycles. The van der Waals surface area contributed by atoms with Gasteiger partial charge >= 0.3 is 0 Å². The predicted octanol–water partition coefficient (Wildman–Crippen LogP) is 3.67. The highest BCUT2D eigenvalue weighted by atomic mass is 79.9. The van der Waals surface area contributed by atoms with Crippen LogP contribution in [0.2, 0.25) is 0 Å². The van der Waals surface area contributed by atoms with Crippen molar-refractivity contribution in [1.82, 2.24) is 0 Å².